The smallest absolute Gasteiger partial charge is 0.148 e. The van der Waals surface area contributed by atoms with Gasteiger partial charge in [-0.1, -0.05) is 0 Å². The van der Waals surface area contributed by atoms with Crippen LogP contribution in [0.5, 0.6) is 0 Å². The van der Waals surface area contributed by atoms with Gasteiger partial charge in [-0.15, -0.1) is 5.10 Å². The van der Waals surface area contributed by atoms with Crippen LogP contribution in [0.25, 0.3) is 0 Å². The molecular weight excluding hydrogens is 188 g/mol. The molecule has 0 spiro atoms. The van der Waals surface area contributed by atoms with Crippen molar-refractivity contribution in [3.05, 3.63) is 17.8 Å². The summed E-state index contributed by atoms with van der Waals surface area (Å²) >= 11 is 0. The average molecular weight is 206 g/mol. The van der Waals surface area contributed by atoms with E-state index >= 15 is 0 Å². The SMILES string of the molecule is Cc1cnnc(NCCC2CCNC2)c1. The minimum atomic E-state index is 0.829. The molecular formula is C11H18N4. The van der Waals surface area contributed by atoms with E-state index in [1.807, 2.05) is 13.0 Å². The molecule has 1 aromatic heterocycles. The lowest BCUT2D eigenvalue weighted by molar-refractivity contribution is 0.548. The molecule has 1 atom stereocenters. The van der Waals surface area contributed by atoms with Crippen LogP contribution in [0, 0.1) is 12.8 Å². The highest BCUT2D eigenvalue weighted by molar-refractivity contribution is 5.34. The van der Waals surface area contributed by atoms with E-state index in [4.69, 9.17) is 0 Å². The molecule has 0 bridgehead atoms. The van der Waals surface area contributed by atoms with Crippen LogP contribution >= 0.6 is 0 Å². The number of nitrogens with zero attached hydrogens (tertiary/aromatic N) is 2. The third-order valence-electron chi connectivity index (χ3n) is 2.81. The van der Waals surface area contributed by atoms with E-state index in [0.29, 0.717) is 0 Å². The first-order chi connectivity index (χ1) is 7.34. The summed E-state index contributed by atoms with van der Waals surface area (Å²) in [5.74, 6) is 1.72. The molecule has 4 heteroatoms. The maximum atomic E-state index is 4.03. The van der Waals surface area contributed by atoms with Crippen molar-refractivity contribution in [2.75, 3.05) is 25.0 Å². The van der Waals surface area contributed by atoms with Crippen LogP contribution in [0.15, 0.2) is 12.3 Å². The highest BCUT2D eigenvalue weighted by atomic mass is 15.2. The lowest BCUT2D eigenvalue weighted by Crippen LogP contribution is -2.13. The minimum Gasteiger partial charge on any atom is -0.369 e. The largest absolute Gasteiger partial charge is 0.369 e. The van der Waals surface area contributed by atoms with Crippen LogP contribution in [-0.4, -0.2) is 29.8 Å². The molecule has 1 aliphatic heterocycles. The van der Waals surface area contributed by atoms with E-state index in [-0.39, 0.29) is 0 Å². The van der Waals surface area contributed by atoms with Crippen LogP contribution in [0.1, 0.15) is 18.4 Å². The van der Waals surface area contributed by atoms with Gasteiger partial charge in [-0.3, -0.25) is 0 Å². The highest BCUT2D eigenvalue weighted by Gasteiger charge is 2.13. The third kappa shape index (κ3) is 3.16. The Labute approximate surface area is 90.5 Å². The van der Waals surface area contributed by atoms with Gasteiger partial charge in [0.25, 0.3) is 0 Å². The summed E-state index contributed by atoms with van der Waals surface area (Å²) < 4.78 is 0. The predicted octanol–water partition coefficient (Wildman–Crippen LogP) is 1.20. The topological polar surface area (TPSA) is 49.8 Å². The van der Waals surface area contributed by atoms with Crippen molar-refractivity contribution >= 4 is 5.82 Å². The molecule has 0 aliphatic carbocycles. The second kappa shape index (κ2) is 5.07. The van der Waals surface area contributed by atoms with Gasteiger partial charge >= 0.3 is 0 Å². The van der Waals surface area contributed by atoms with Crippen molar-refractivity contribution in [2.24, 2.45) is 5.92 Å². The maximum absolute atomic E-state index is 4.03. The molecule has 1 saturated heterocycles. The number of anilines is 1. The van der Waals surface area contributed by atoms with Gasteiger partial charge in [0.1, 0.15) is 5.82 Å². The molecule has 2 heterocycles. The summed E-state index contributed by atoms with van der Waals surface area (Å²) in [6.07, 6.45) is 4.29. The van der Waals surface area contributed by atoms with Crippen molar-refractivity contribution in [3.8, 4) is 0 Å². The monoisotopic (exact) mass is 206 g/mol. The summed E-state index contributed by atoms with van der Waals surface area (Å²) in [6, 6.07) is 2.03. The normalized spacial score (nSPS) is 20.5. The summed E-state index contributed by atoms with van der Waals surface area (Å²) in [5.41, 5.74) is 1.15. The molecule has 2 N–H and O–H groups in total. The van der Waals surface area contributed by atoms with E-state index in [9.17, 15) is 0 Å². The van der Waals surface area contributed by atoms with Gasteiger partial charge in [-0.25, -0.2) is 0 Å². The van der Waals surface area contributed by atoms with Crippen molar-refractivity contribution < 1.29 is 0 Å². The molecule has 0 radical (unpaired) electrons. The highest BCUT2D eigenvalue weighted by Crippen LogP contribution is 2.12. The lowest BCUT2D eigenvalue weighted by atomic mass is 10.1. The van der Waals surface area contributed by atoms with Crippen molar-refractivity contribution in [1.29, 1.82) is 0 Å². The summed E-state index contributed by atoms with van der Waals surface area (Å²) in [4.78, 5) is 0. The van der Waals surface area contributed by atoms with Gasteiger partial charge in [0, 0.05) is 6.54 Å². The Morgan fingerprint density at radius 1 is 1.60 bits per heavy atom. The second-order valence-corrected chi connectivity index (χ2v) is 4.19. The minimum absolute atomic E-state index is 0.829. The fourth-order valence-corrected chi connectivity index (χ4v) is 1.92. The molecule has 1 aromatic rings. The molecule has 1 fully saturated rings. The third-order valence-corrected chi connectivity index (χ3v) is 2.81. The molecule has 2 rings (SSSR count). The first-order valence-corrected chi connectivity index (χ1v) is 5.58. The second-order valence-electron chi connectivity index (χ2n) is 4.19. The molecule has 1 aliphatic rings. The van der Waals surface area contributed by atoms with Gasteiger partial charge < -0.3 is 10.6 Å². The Hall–Kier alpha value is -1.16. The summed E-state index contributed by atoms with van der Waals surface area (Å²) in [6.45, 7) is 5.36. The zero-order valence-electron chi connectivity index (χ0n) is 9.16. The fourth-order valence-electron chi connectivity index (χ4n) is 1.92. The van der Waals surface area contributed by atoms with Gasteiger partial charge in [-0.2, -0.15) is 5.10 Å². The Morgan fingerprint density at radius 3 is 3.27 bits per heavy atom. The van der Waals surface area contributed by atoms with E-state index in [0.717, 1.165) is 23.8 Å². The average Bonchev–Trinajstić information content (AvgIpc) is 2.71. The number of hydrogen-bond acceptors (Lipinski definition) is 4. The van der Waals surface area contributed by atoms with E-state index in [1.54, 1.807) is 6.20 Å². The van der Waals surface area contributed by atoms with Crippen LogP contribution in [-0.2, 0) is 0 Å². The van der Waals surface area contributed by atoms with Crippen LogP contribution < -0.4 is 10.6 Å². The predicted molar refractivity (Wildman–Crippen MR) is 60.9 cm³/mol. The number of rotatable bonds is 4. The quantitative estimate of drug-likeness (QED) is 0.777. The number of nitrogens with one attached hydrogen (secondary N) is 2. The molecule has 1 unspecified atom stereocenters. The van der Waals surface area contributed by atoms with Crippen molar-refractivity contribution in [3.63, 3.8) is 0 Å². The van der Waals surface area contributed by atoms with E-state index in [2.05, 4.69) is 20.8 Å². The molecule has 4 nitrogen and oxygen atoms in total. The Morgan fingerprint density at radius 2 is 2.53 bits per heavy atom. The Balaban J connectivity index is 1.73. The van der Waals surface area contributed by atoms with Gasteiger partial charge in [-0.05, 0) is 50.4 Å². The molecule has 15 heavy (non-hydrogen) atoms. The fraction of sp³-hybridized carbons (Fsp3) is 0.636. The van der Waals surface area contributed by atoms with Crippen molar-refractivity contribution in [1.82, 2.24) is 15.5 Å². The van der Waals surface area contributed by atoms with E-state index in [1.165, 1.54) is 25.9 Å². The number of hydrogen-bond donors (Lipinski definition) is 2. The van der Waals surface area contributed by atoms with Gasteiger partial charge in [0.05, 0.1) is 6.20 Å². The zero-order chi connectivity index (χ0) is 10.5. The first-order valence-electron chi connectivity index (χ1n) is 5.58. The summed E-state index contributed by atoms with van der Waals surface area (Å²) in [5, 5.41) is 14.6. The molecule has 0 saturated carbocycles. The van der Waals surface area contributed by atoms with Gasteiger partial charge in [0.2, 0.25) is 0 Å². The van der Waals surface area contributed by atoms with Crippen LogP contribution in [0.3, 0.4) is 0 Å². The number of aryl methyl sites for hydroxylation is 1. The Kier molecular flexibility index (Phi) is 3.50. The standard InChI is InChI=1S/C11H18N4/c1-9-6-11(15-14-7-9)13-5-3-10-2-4-12-8-10/h6-7,10,12H,2-5,8H2,1H3,(H,13,15). The molecule has 0 aromatic carbocycles. The van der Waals surface area contributed by atoms with Crippen LogP contribution in [0.4, 0.5) is 5.82 Å². The first kappa shape index (κ1) is 10.4. The molecule has 82 valence electrons. The maximum Gasteiger partial charge on any atom is 0.148 e. The van der Waals surface area contributed by atoms with E-state index < -0.39 is 0 Å². The lowest BCUT2D eigenvalue weighted by Gasteiger charge is -2.09. The Bertz CT molecular complexity index is 307. The zero-order valence-corrected chi connectivity index (χ0v) is 9.16. The van der Waals surface area contributed by atoms with Crippen molar-refractivity contribution in [2.45, 2.75) is 19.8 Å². The van der Waals surface area contributed by atoms with Gasteiger partial charge in [0.15, 0.2) is 0 Å². The van der Waals surface area contributed by atoms with Crippen LogP contribution in [0.2, 0.25) is 0 Å². The number of aromatic nitrogens is 2. The summed E-state index contributed by atoms with van der Waals surface area (Å²) in [7, 11) is 0. The molecule has 0 amide bonds.